The molecule has 10 heteroatoms. The Morgan fingerprint density at radius 2 is 1.83 bits per heavy atom. The summed E-state index contributed by atoms with van der Waals surface area (Å²) in [6.45, 7) is 1.12. The van der Waals surface area contributed by atoms with Crippen molar-refractivity contribution in [3.05, 3.63) is 63.7 Å². The average molecular weight is 449 g/mol. The summed E-state index contributed by atoms with van der Waals surface area (Å²) in [5.74, 6) is -0.181. The molecule has 2 aromatic heterocycles. The lowest BCUT2D eigenvalue weighted by molar-refractivity contribution is 0.0698. The number of aromatic nitrogens is 2. The number of sulfonamides is 1. The van der Waals surface area contributed by atoms with Crippen LogP contribution >= 0.6 is 22.9 Å². The van der Waals surface area contributed by atoms with Gasteiger partial charge >= 0.3 is 0 Å². The highest BCUT2D eigenvalue weighted by atomic mass is 35.5. The summed E-state index contributed by atoms with van der Waals surface area (Å²) < 4.78 is 27.4. The molecule has 1 saturated heterocycles. The molecule has 1 fully saturated rings. The quantitative estimate of drug-likeness (QED) is 0.612. The van der Waals surface area contributed by atoms with Gasteiger partial charge in [-0.25, -0.2) is 13.4 Å². The SMILES string of the molecule is O=C(c1nc2ccncc2s1)N1CCN(S(=O)(=O)C=Cc2ccc(Cl)cc2)CC1. The van der Waals surface area contributed by atoms with E-state index in [0.717, 1.165) is 15.8 Å². The molecule has 0 bridgehead atoms. The summed E-state index contributed by atoms with van der Waals surface area (Å²) in [6, 6.07) is 8.67. The molecule has 4 rings (SSSR count). The predicted octanol–water partition coefficient (Wildman–Crippen LogP) is 3.10. The van der Waals surface area contributed by atoms with Crippen molar-refractivity contribution in [1.29, 1.82) is 0 Å². The number of piperazine rings is 1. The molecule has 3 aromatic rings. The van der Waals surface area contributed by atoms with Gasteiger partial charge in [-0.3, -0.25) is 9.78 Å². The predicted molar refractivity (Wildman–Crippen MR) is 114 cm³/mol. The molecule has 0 atom stereocenters. The number of hydrogen-bond acceptors (Lipinski definition) is 6. The Morgan fingerprint density at radius 3 is 2.52 bits per heavy atom. The van der Waals surface area contributed by atoms with Crippen molar-refractivity contribution in [2.75, 3.05) is 26.2 Å². The standard InChI is InChI=1S/C19H17ClN4O3S2/c20-15-3-1-14(2-4-15)6-12-29(26,27)24-10-8-23(9-11-24)19(25)18-22-16-5-7-21-13-17(16)28-18/h1-7,12-13H,8-11H2. The summed E-state index contributed by atoms with van der Waals surface area (Å²) in [5.41, 5.74) is 1.49. The number of benzene rings is 1. The molecule has 0 unspecified atom stereocenters. The number of carbonyl (C=O) groups excluding carboxylic acids is 1. The fourth-order valence-electron chi connectivity index (χ4n) is 2.98. The van der Waals surface area contributed by atoms with Crippen molar-refractivity contribution < 1.29 is 13.2 Å². The molecule has 0 N–H and O–H groups in total. The van der Waals surface area contributed by atoms with Gasteiger partial charge in [-0.15, -0.1) is 11.3 Å². The van der Waals surface area contributed by atoms with Gasteiger partial charge < -0.3 is 4.90 Å². The number of carbonyl (C=O) groups is 1. The Bertz CT molecular complexity index is 1130. The van der Waals surface area contributed by atoms with Gasteiger partial charge in [0.1, 0.15) is 0 Å². The fourth-order valence-corrected chi connectivity index (χ4v) is 5.18. The lowest BCUT2D eigenvalue weighted by Gasteiger charge is -2.32. The van der Waals surface area contributed by atoms with E-state index in [-0.39, 0.29) is 19.0 Å². The van der Waals surface area contributed by atoms with Crippen LogP contribution < -0.4 is 0 Å². The zero-order valence-corrected chi connectivity index (χ0v) is 17.6. The largest absolute Gasteiger partial charge is 0.334 e. The van der Waals surface area contributed by atoms with Crippen LogP contribution in [0.2, 0.25) is 5.02 Å². The highest BCUT2D eigenvalue weighted by Gasteiger charge is 2.29. The molecule has 150 valence electrons. The van der Waals surface area contributed by atoms with Gasteiger partial charge in [0.2, 0.25) is 10.0 Å². The highest BCUT2D eigenvalue weighted by molar-refractivity contribution is 7.92. The minimum absolute atomic E-state index is 0.181. The molecule has 0 spiro atoms. The third kappa shape index (κ3) is 4.48. The van der Waals surface area contributed by atoms with E-state index in [4.69, 9.17) is 11.6 Å². The molecule has 3 heterocycles. The molecular weight excluding hydrogens is 432 g/mol. The smallest absolute Gasteiger partial charge is 0.282 e. The van der Waals surface area contributed by atoms with Crippen molar-refractivity contribution >= 4 is 55.2 Å². The summed E-state index contributed by atoms with van der Waals surface area (Å²) in [7, 11) is -3.57. The zero-order valence-electron chi connectivity index (χ0n) is 15.2. The molecule has 0 aliphatic carbocycles. The molecule has 29 heavy (non-hydrogen) atoms. The van der Waals surface area contributed by atoms with E-state index in [2.05, 4.69) is 9.97 Å². The van der Waals surface area contributed by atoms with E-state index >= 15 is 0 Å². The van der Waals surface area contributed by atoms with Gasteiger partial charge in [-0.2, -0.15) is 4.31 Å². The lowest BCUT2D eigenvalue weighted by atomic mass is 10.2. The first-order valence-corrected chi connectivity index (χ1v) is 11.6. The summed E-state index contributed by atoms with van der Waals surface area (Å²) in [5, 5.41) is 2.18. The summed E-state index contributed by atoms with van der Waals surface area (Å²) in [4.78, 5) is 22.8. The average Bonchev–Trinajstić information content (AvgIpc) is 3.17. The fraction of sp³-hybridized carbons (Fsp3) is 0.211. The third-order valence-electron chi connectivity index (χ3n) is 4.56. The topological polar surface area (TPSA) is 83.5 Å². The molecule has 1 aromatic carbocycles. The van der Waals surface area contributed by atoms with Crippen molar-refractivity contribution in [3.8, 4) is 0 Å². The molecule has 0 radical (unpaired) electrons. The Labute approximate surface area is 177 Å². The van der Waals surface area contributed by atoms with Gasteiger partial charge in [0.15, 0.2) is 5.01 Å². The second-order valence-electron chi connectivity index (χ2n) is 6.45. The number of halogens is 1. The second kappa shape index (κ2) is 8.19. The van der Waals surface area contributed by atoms with Crippen LogP contribution in [0.5, 0.6) is 0 Å². The number of fused-ring (bicyclic) bond motifs is 1. The van der Waals surface area contributed by atoms with Crippen molar-refractivity contribution in [3.63, 3.8) is 0 Å². The Morgan fingerprint density at radius 1 is 1.10 bits per heavy atom. The number of rotatable bonds is 4. The van der Waals surface area contributed by atoms with Crippen molar-refractivity contribution in [2.24, 2.45) is 0 Å². The van der Waals surface area contributed by atoms with Crippen molar-refractivity contribution in [2.45, 2.75) is 0 Å². The van der Waals surface area contributed by atoms with Crippen LogP contribution in [0.1, 0.15) is 15.4 Å². The molecule has 1 aliphatic heterocycles. The van der Waals surface area contributed by atoms with Crippen LogP contribution in [-0.4, -0.2) is 59.7 Å². The van der Waals surface area contributed by atoms with Gasteiger partial charge in [-0.1, -0.05) is 23.7 Å². The number of thiazole rings is 1. The number of nitrogens with zero attached hydrogens (tertiary/aromatic N) is 4. The third-order valence-corrected chi connectivity index (χ3v) is 7.37. The molecule has 1 aliphatic rings. The van der Waals surface area contributed by atoms with Crippen molar-refractivity contribution in [1.82, 2.24) is 19.2 Å². The first kappa shape index (κ1) is 20.0. The number of hydrogen-bond donors (Lipinski definition) is 0. The molecule has 1 amide bonds. The first-order chi connectivity index (χ1) is 13.9. The first-order valence-electron chi connectivity index (χ1n) is 8.86. The van der Waals surface area contributed by atoms with Crippen LogP contribution in [0, 0.1) is 0 Å². The summed E-state index contributed by atoms with van der Waals surface area (Å²) in [6.07, 6.45) is 4.86. The maximum atomic E-state index is 12.7. The monoisotopic (exact) mass is 448 g/mol. The Balaban J connectivity index is 1.40. The highest BCUT2D eigenvalue weighted by Crippen LogP contribution is 2.22. The van der Waals surface area contributed by atoms with Gasteiger partial charge in [0.05, 0.1) is 10.2 Å². The van der Waals surface area contributed by atoms with E-state index in [0.29, 0.717) is 23.1 Å². The van der Waals surface area contributed by atoms with Gasteiger partial charge in [0, 0.05) is 49.0 Å². The van der Waals surface area contributed by atoms with E-state index in [1.54, 1.807) is 53.7 Å². The van der Waals surface area contributed by atoms with E-state index in [1.807, 2.05) is 0 Å². The minimum atomic E-state index is -3.57. The van der Waals surface area contributed by atoms with E-state index in [1.165, 1.54) is 21.1 Å². The maximum Gasteiger partial charge on any atom is 0.282 e. The van der Waals surface area contributed by atoms with E-state index < -0.39 is 10.0 Å². The molecule has 0 saturated carbocycles. The maximum absolute atomic E-state index is 12.7. The minimum Gasteiger partial charge on any atom is -0.334 e. The zero-order chi connectivity index (χ0) is 20.4. The number of amides is 1. The van der Waals surface area contributed by atoms with Crippen LogP contribution in [0.4, 0.5) is 0 Å². The molecule has 7 nitrogen and oxygen atoms in total. The molecular formula is C19H17ClN4O3S2. The van der Waals surface area contributed by atoms with Gasteiger partial charge in [0.25, 0.3) is 5.91 Å². The van der Waals surface area contributed by atoms with Gasteiger partial charge in [-0.05, 0) is 29.8 Å². The normalized spacial score (nSPS) is 16.0. The van der Waals surface area contributed by atoms with E-state index in [9.17, 15) is 13.2 Å². The number of pyridine rings is 1. The van der Waals surface area contributed by atoms with Crippen LogP contribution in [0.15, 0.2) is 48.1 Å². The second-order valence-corrected chi connectivity index (χ2v) is 9.74. The summed E-state index contributed by atoms with van der Waals surface area (Å²) >= 11 is 7.14. The Hall–Kier alpha value is -2.33. The van der Waals surface area contributed by atoms with Crippen LogP contribution in [-0.2, 0) is 10.0 Å². The Kier molecular flexibility index (Phi) is 5.64. The van der Waals surface area contributed by atoms with Crippen LogP contribution in [0.3, 0.4) is 0 Å². The van der Waals surface area contributed by atoms with Crippen LogP contribution in [0.25, 0.3) is 16.3 Å². The lowest BCUT2D eigenvalue weighted by Crippen LogP contribution is -2.50.